The van der Waals surface area contributed by atoms with Gasteiger partial charge in [-0.3, -0.25) is 0 Å². The Kier molecular flexibility index (Phi) is 3.85. The Bertz CT molecular complexity index is 609. The largest absolute Gasteiger partial charge is 0.338 e. The molecule has 4 saturated carbocycles. The highest BCUT2D eigenvalue weighted by Gasteiger charge is 2.56. The molecule has 1 aromatic heterocycles. The van der Waals surface area contributed by atoms with Gasteiger partial charge < -0.3 is 15.2 Å². The highest BCUT2D eigenvalue weighted by atomic mass is 16.2. The molecule has 4 aliphatic rings. The summed E-state index contributed by atoms with van der Waals surface area (Å²) in [5.41, 5.74) is 1.71. The third-order valence-corrected chi connectivity index (χ3v) is 6.51. The van der Waals surface area contributed by atoms with E-state index in [0.717, 1.165) is 24.8 Å². The van der Waals surface area contributed by atoms with Gasteiger partial charge in [-0.25, -0.2) is 9.78 Å². The molecule has 5 heteroatoms. The molecule has 0 aromatic carbocycles. The standard InChI is InChI=1S/C19H30N4O/c1-14-11-20-13-23(14)5-3-4-21-17(24)22-19-9-15-6-16(10-19)8-18(2,7-15)12-19/h11,13,15-16H,3-10,12H2,1-2H3,(H2,21,22,24). The van der Waals surface area contributed by atoms with Crippen molar-refractivity contribution in [1.29, 1.82) is 0 Å². The van der Waals surface area contributed by atoms with Gasteiger partial charge in [0.25, 0.3) is 0 Å². The van der Waals surface area contributed by atoms with Gasteiger partial charge in [0.15, 0.2) is 0 Å². The first-order chi connectivity index (χ1) is 11.5. The van der Waals surface area contributed by atoms with Crippen LogP contribution in [0.15, 0.2) is 12.5 Å². The van der Waals surface area contributed by atoms with Crippen LogP contribution in [0.25, 0.3) is 0 Å². The first-order valence-electron chi connectivity index (χ1n) is 9.48. The molecule has 2 amide bonds. The molecular formula is C19H30N4O. The summed E-state index contributed by atoms with van der Waals surface area (Å²) >= 11 is 0. The van der Waals surface area contributed by atoms with Crippen molar-refractivity contribution < 1.29 is 4.79 Å². The van der Waals surface area contributed by atoms with Gasteiger partial charge >= 0.3 is 6.03 Å². The lowest BCUT2D eigenvalue weighted by Gasteiger charge is -2.61. The number of amides is 2. The second-order valence-electron chi connectivity index (χ2n) is 9.01. The van der Waals surface area contributed by atoms with E-state index in [-0.39, 0.29) is 11.6 Å². The Balaban J connectivity index is 1.26. The average Bonchev–Trinajstić information content (AvgIpc) is 2.85. The van der Waals surface area contributed by atoms with Crippen molar-refractivity contribution in [2.45, 2.75) is 70.9 Å². The second kappa shape index (κ2) is 5.78. The minimum absolute atomic E-state index is 0.0305. The van der Waals surface area contributed by atoms with Gasteiger partial charge in [0.1, 0.15) is 0 Å². The predicted octanol–water partition coefficient (Wildman–Crippen LogP) is 3.24. The first-order valence-corrected chi connectivity index (χ1v) is 9.48. The molecule has 2 atom stereocenters. The number of urea groups is 1. The smallest absolute Gasteiger partial charge is 0.315 e. The average molecular weight is 330 g/mol. The molecule has 2 N–H and O–H groups in total. The SMILES string of the molecule is Cc1cncn1CCCNC(=O)NC12CC3CC(CC(C)(C3)C1)C2. The summed E-state index contributed by atoms with van der Waals surface area (Å²) in [7, 11) is 0. The summed E-state index contributed by atoms with van der Waals surface area (Å²) in [6.07, 6.45) is 12.4. The van der Waals surface area contributed by atoms with Crippen LogP contribution in [0.3, 0.4) is 0 Å². The summed E-state index contributed by atoms with van der Waals surface area (Å²) in [5, 5.41) is 6.45. The van der Waals surface area contributed by atoms with E-state index in [1.807, 2.05) is 12.5 Å². The number of aryl methyl sites for hydroxylation is 2. The Morgan fingerprint density at radius 1 is 1.33 bits per heavy atom. The van der Waals surface area contributed by atoms with Crippen LogP contribution < -0.4 is 10.6 Å². The van der Waals surface area contributed by atoms with E-state index in [4.69, 9.17) is 0 Å². The number of aromatic nitrogens is 2. The fourth-order valence-corrected chi connectivity index (χ4v) is 6.22. The minimum atomic E-state index is 0.0305. The summed E-state index contributed by atoms with van der Waals surface area (Å²) in [6.45, 7) is 6.11. The number of nitrogens with zero attached hydrogens (tertiary/aromatic N) is 2. The molecule has 132 valence electrons. The summed E-state index contributed by atoms with van der Waals surface area (Å²) in [5.74, 6) is 1.67. The van der Waals surface area contributed by atoms with Gasteiger partial charge in [0.05, 0.1) is 6.33 Å². The molecule has 4 fully saturated rings. The molecule has 4 aliphatic carbocycles. The number of hydrogen-bond acceptors (Lipinski definition) is 2. The normalized spacial score (nSPS) is 36.8. The van der Waals surface area contributed by atoms with Gasteiger partial charge in [0, 0.05) is 30.5 Å². The van der Waals surface area contributed by atoms with E-state index in [2.05, 4.69) is 34.0 Å². The van der Waals surface area contributed by atoms with Gasteiger partial charge in [0.2, 0.25) is 0 Å². The highest BCUT2D eigenvalue weighted by Crippen LogP contribution is 2.61. The zero-order valence-corrected chi connectivity index (χ0v) is 15.0. The minimum Gasteiger partial charge on any atom is -0.338 e. The lowest BCUT2D eigenvalue weighted by atomic mass is 9.47. The molecule has 0 spiro atoms. The molecule has 5 rings (SSSR count). The zero-order chi connectivity index (χ0) is 16.8. The fraction of sp³-hybridized carbons (Fsp3) is 0.789. The number of carbonyl (C=O) groups excluding carboxylic acids is 1. The predicted molar refractivity (Wildman–Crippen MR) is 93.6 cm³/mol. The van der Waals surface area contributed by atoms with Gasteiger partial charge in [-0.1, -0.05) is 6.92 Å². The van der Waals surface area contributed by atoms with Gasteiger partial charge in [-0.05, 0) is 69.1 Å². The summed E-state index contributed by atoms with van der Waals surface area (Å²) < 4.78 is 2.12. The van der Waals surface area contributed by atoms with Gasteiger partial charge in [-0.2, -0.15) is 0 Å². The summed E-state index contributed by atoms with van der Waals surface area (Å²) in [6, 6.07) is 0.0305. The topological polar surface area (TPSA) is 59.0 Å². The van der Waals surface area contributed by atoms with Crippen molar-refractivity contribution in [3.8, 4) is 0 Å². The van der Waals surface area contributed by atoms with E-state index in [9.17, 15) is 4.79 Å². The van der Waals surface area contributed by atoms with Crippen LogP contribution in [0.4, 0.5) is 4.79 Å². The van der Waals surface area contributed by atoms with Crippen LogP contribution in [0.1, 0.15) is 57.6 Å². The molecule has 1 aromatic rings. The Labute approximate surface area is 144 Å². The van der Waals surface area contributed by atoms with Gasteiger partial charge in [-0.15, -0.1) is 0 Å². The quantitative estimate of drug-likeness (QED) is 0.814. The van der Waals surface area contributed by atoms with Crippen LogP contribution in [0.2, 0.25) is 0 Å². The number of carbonyl (C=O) groups is 1. The third kappa shape index (κ3) is 3.05. The van der Waals surface area contributed by atoms with Crippen molar-refractivity contribution in [3.63, 3.8) is 0 Å². The summed E-state index contributed by atoms with van der Waals surface area (Å²) in [4.78, 5) is 16.5. The molecular weight excluding hydrogens is 300 g/mol. The van der Waals surface area contributed by atoms with Crippen LogP contribution in [0.5, 0.6) is 0 Å². The Morgan fingerprint density at radius 2 is 2.08 bits per heavy atom. The number of hydrogen-bond donors (Lipinski definition) is 2. The van der Waals surface area contributed by atoms with E-state index in [1.54, 1.807) is 0 Å². The second-order valence-corrected chi connectivity index (χ2v) is 9.01. The van der Waals surface area contributed by atoms with E-state index < -0.39 is 0 Å². The number of nitrogens with one attached hydrogen (secondary N) is 2. The van der Waals surface area contributed by atoms with E-state index in [1.165, 1.54) is 44.2 Å². The molecule has 0 saturated heterocycles. The van der Waals surface area contributed by atoms with Crippen LogP contribution in [-0.2, 0) is 6.54 Å². The maximum atomic E-state index is 12.4. The third-order valence-electron chi connectivity index (χ3n) is 6.51. The van der Waals surface area contributed by atoms with Crippen molar-refractivity contribution in [2.75, 3.05) is 6.54 Å². The Morgan fingerprint density at radius 3 is 2.71 bits per heavy atom. The number of imidazole rings is 1. The number of rotatable bonds is 5. The molecule has 5 nitrogen and oxygen atoms in total. The Hall–Kier alpha value is -1.52. The van der Waals surface area contributed by atoms with Crippen molar-refractivity contribution in [1.82, 2.24) is 20.2 Å². The zero-order valence-electron chi connectivity index (χ0n) is 15.0. The maximum absolute atomic E-state index is 12.4. The van der Waals surface area contributed by atoms with E-state index in [0.29, 0.717) is 12.0 Å². The first kappa shape index (κ1) is 16.0. The van der Waals surface area contributed by atoms with Crippen LogP contribution >= 0.6 is 0 Å². The molecule has 24 heavy (non-hydrogen) atoms. The van der Waals surface area contributed by atoms with E-state index >= 15 is 0 Å². The maximum Gasteiger partial charge on any atom is 0.315 e. The fourth-order valence-electron chi connectivity index (χ4n) is 6.22. The molecule has 2 unspecified atom stereocenters. The molecule has 0 radical (unpaired) electrons. The van der Waals surface area contributed by atoms with Crippen LogP contribution in [-0.4, -0.2) is 27.7 Å². The monoisotopic (exact) mass is 330 g/mol. The van der Waals surface area contributed by atoms with Crippen molar-refractivity contribution in [2.24, 2.45) is 17.3 Å². The lowest BCUT2D eigenvalue weighted by Crippen LogP contribution is -2.63. The van der Waals surface area contributed by atoms with Crippen molar-refractivity contribution in [3.05, 3.63) is 18.2 Å². The lowest BCUT2D eigenvalue weighted by molar-refractivity contribution is -0.0667. The molecule has 1 heterocycles. The molecule has 0 aliphatic heterocycles. The molecule has 4 bridgehead atoms. The van der Waals surface area contributed by atoms with Crippen LogP contribution in [0, 0.1) is 24.2 Å². The highest BCUT2D eigenvalue weighted by molar-refractivity contribution is 5.74. The van der Waals surface area contributed by atoms with Crippen molar-refractivity contribution >= 4 is 6.03 Å².